The maximum atomic E-state index is 2.71. The van der Waals surface area contributed by atoms with Gasteiger partial charge in [-0.15, -0.1) is 0 Å². The maximum absolute atomic E-state index is 2.71. The van der Waals surface area contributed by atoms with Crippen molar-refractivity contribution in [3.63, 3.8) is 0 Å². The van der Waals surface area contributed by atoms with E-state index in [-0.39, 0.29) is 21.7 Å². The summed E-state index contributed by atoms with van der Waals surface area (Å²) in [5.41, 5.74) is 29.4. The molecule has 0 amide bonds. The molecule has 1 saturated carbocycles. The summed E-state index contributed by atoms with van der Waals surface area (Å²) in [5.74, 6) is 1.20. The molecule has 0 saturated heterocycles. The molecule has 0 bridgehead atoms. The number of nitrogens with zero attached hydrogens (tertiary/aromatic N) is 2. The van der Waals surface area contributed by atoms with Crippen LogP contribution >= 0.6 is 0 Å². The molecule has 0 N–H and O–H groups in total. The lowest BCUT2D eigenvalue weighted by Gasteiger charge is -2.37. The second kappa shape index (κ2) is 19.1. The van der Waals surface area contributed by atoms with Crippen LogP contribution < -0.4 is 9.80 Å². The predicted molar refractivity (Wildman–Crippen MR) is 372 cm³/mol. The fourth-order valence-corrected chi connectivity index (χ4v) is 17.7. The summed E-state index contributed by atoms with van der Waals surface area (Å²) in [6.45, 7) is 19.6. The molecule has 0 heterocycles. The lowest BCUT2D eigenvalue weighted by Crippen LogP contribution is -2.27. The molecule has 7 aliphatic carbocycles. The number of fused-ring (bicyclic) bond motifs is 13. The molecule has 1 fully saturated rings. The van der Waals surface area contributed by atoms with Crippen LogP contribution in [0.25, 0.3) is 71.6 Å². The Balaban J connectivity index is 1.00. The summed E-state index contributed by atoms with van der Waals surface area (Å²) in [4.78, 5) is 5.38. The Hall–Kier alpha value is -9.24. The molecule has 88 heavy (non-hydrogen) atoms. The van der Waals surface area contributed by atoms with Gasteiger partial charge in [-0.1, -0.05) is 261 Å². The first-order chi connectivity index (χ1) is 42.7. The maximum Gasteiger partial charge on any atom is 0.0620 e. The van der Waals surface area contributed by atoms with E-state index in [9.17, 15) is 0 Å². The van der Waals surface area contributed by atoms with Gasteiger partial charge in [0, 0.05) is 66.5 Å². The fourth-order valence-electron chi connectivity index (χ4n) is 17.7. The number of anilines is 5. The number of hydrogen-bond acceptors (Lipinski definition) is 2. The molecule has 2 nitrogen and oxygen atoms in total. The Morgan fingerprint density at radius 1 is 0.409 bits per heavy atom. The molecule has 3 unspecified atom stereocenters. The zero-order chi connectivity index (χ0) is 59.6. The van der Waals surface area contributed by atoms with Gasteiger partial charge in [0.05, 0.1) is 11.4 Å². The minimum atomic E-state index is -0.215. The summed E-state index contributed by atoms with van der Waals surface area (Å²) in [6, 6.07) is 77.3. The Labute approximate surface area is 519 Å². The van der Waals surface area contributed by atoms with Crippen LogP contribution in [0.4, 0.5) is 28.4 Å². The molecule has 10 aromatic carbocycles. The van der Waals surface area contributed by atoms with Gasteiger partial charge in [0.25, 0.3) is 0 Å². The van der Waals surface area contributed by atoms with Gasteiger partial charge in [0.2, 0.25) is 0 Å². The van der Waals surface area contributed by atoms with Gasteiger partial charge in [-0.2, -0.15) is 0 Å². The van der Waals surface area contributed by atoms with Crippen molar-refractivity contribution in [3.8, 4) is 44.5 Å². The third-order valence-electron chi connectivity index (χ3n) is 22.3. The van der Waals surface area contributed by atoms with Crippen LogP contribution in [0.15, 0.2) is 266 Å². The van der Waals surface area contributed by atoms with E-state index in [1.165, 1.54) is 128 Å². The van der Waals surface area contributed by atoms with Crippen LogP contribution in [0.3, 0.4) is 0 Å². The van der Waals surface area contributed by atoms with Gasteiger partial charge < -0.3 is 9.80 Å². The Kier molecular flexibility index (Phi) is 11.5. The topological polar surface area (TPSA) is 6.48 Å². The Bertz CT molecular complexity index is 4830. The molecule has 0 aromatic heterocycles. The SMILES string of the molecule is CC1(C)C2=C(C=CCC2)c2ccc(N(c3ccc4c(c3)C(C)(C)c3ccccc3-4)c3c4ccc(-c5ccccc5)cc4c(N(C4=CCC5C(=C4)C4C=CC=CC4C5(C)C)c4ccc5c(c4)C(C)(C)c4ccccc4-5)c4ccc(-c5ccccc5)cc34)cc21. The zero-order valence-corrected chi connectivity index (χ0v) is 51.9. The molecule has 0 aliphatic heterocycles. The molecule has 3 atom stereocenters. The summed E-state index contributed by atoms with van der Waals surface area (Å²) in [7, 11) is 0. The van der Waals surface area contributed by atoms with Crippen LogP contribution in [-0.2, 0) is 16.2 Å². The first-order valence-electron chi connectivity index (χ1n) is 32.2. The number of benzene rings is 10. The molecule has 0 spiro atoms. The molecular weight excluding hydrogens is 1060 g/mol. The quantitative estimate of drug-likeness (QED) is 0.111. The second-order valence-electron chi connectivity index (χ2n) is 28.3. The number of allylic oxidation sites excluding steroid dienone is 11. The zero-order valence-electron chi connectivity index (χ0n) is 51.9. The van der Waals surface area contributed by atoms with E-state index in [4.69, 9.17) is 0 Å². The first-order valence-corrected chi connectivity index (χ1v) is 32.2. The highest BCUT2D eigenvalue weighted by atomic mass is 15.2. The van der Waals surface area contributed by atoms with Gasteiger partial charge in [0.1, 0.15) is 0 Å². The average molecular weight is 1140 g/mol. The number of hydrogen-bond donors (Lipinski definition) is 0. The molecule has 0 radical (unpaired) electrons. The minimum Gasteiger partial charge on any atom is -0.310 e. The van der Waals surface area contributed by atoms with Gasteiger partial charge >= 0.3 is 0 Å². The normalized spacial score (nSPS) is 20.3. The second-order valence-corrected chi connectivity index (χ2v) is 28.3. The predicted octanol–water partition coefficient (Wildman–Crippen LogP) is 23.2. The highest BCUT2D eigenvalue weighted by Gasteiger charge is 2.51. The average Bonchev–Trinajstić information content (AvgIpc) is 1.01. The van der Waals surface area contributed by atoms with Crippen molar-refractivity contribution in [1.82, 2.24) is 0 Å². The van der Waals surface area contributed by atoms with Gasteiger partial charge in [-0.3, -0.25) is 0 Å². The molecule has 17 rings (SSSR count). The smallest absolute Gasteiger partial charge is 0.0620 e. The van der Waals surface area contributed by atoms with Crippen LogP contribution in [0, 0.1) is 23.2 Å². The summed E-state index contributed by atoms with van der Waals surface area (Å²) in [5, 5.41) is 4.79. The molecule has 428 valence electrons. The van der Waals surface area contributed by atoms with E-state index >= 15 is 0 Å². The van der Waals surface area contributed by atoms with Gasteiger partial charge in [-0.05, 0) is 175 Å². The van der Waals surface area contributed by atoms with Crippen molar-refractivity contribution in [1.29, 1.82) is 0 Å². The monoisotopic (exact) mass is 1130 g/mol. The van der Waals surface area contributed by atoms with Crippen molar-refractivity contribution in [3.05, 3.63) is 299 Å². The van der Waals surface area contributed by atoms with Crippen molar-refractivity contribution < 1.29 is 0 Å². The van der Waals surface area contributed by atoms with E-state index < -0.39 is 0 Å². The molecule has 10 aromatic rings. The molecular formula is C86H74N2. The van der Waals surface area contributed by atoms with Crippen LogP contribution in [0.5, 0.6) is 0 Å². The largest absolute Gasteiger partial charge is 0.310 e. The molecule has 2 heteroatoms. The van der Waals surface area contributed by atoms with E-state index in [1.807, 2.05) is 0 Å². The van der Waals surface area contributed by atoms with E-state index in [1.54, 1.807) is 11.1 Å². The first kappa shape index (κ1) is 53.0. The molecule has 7 aliphatic rings. The van der Waals surface area contributed by atoms with Crippen LogP contribution in [-0.4, -0.2) is 0 Å². The standard InChI is InChI=1S/C86H74N2/c1-83(2)76-34-22-18-30-64(76)70-49-57(40-46-77(70)83)87(58-37-43-65-61-27-15-19-31-73(61)84(3,4)78(65)50-58)81-68-41-35-56(54-25-13-10-14-26-54)48-72(68)82(69-42-36-55(47-71(69)81)53-23-11-9-12-24-53)88(59-38-44-66-62-28-16-20-32-74(62)85(5,6)79(66)51-59)60-39-45-67-63-29-17-21-33-75(63)86(7,8)80(67)52-60/h9-20,22-32,34-45,47-52,64,76-77H,21,33,46H2,1-8H3. The van der Waals surface area contributed by atoms with Crippen molar-refractivity contribution in [2.24, 2.45) is 23.2 Å². The number of rotatable bonds is 8. The van der Waals surface area contributed by atoms with Crippen molar-refractivity contribution in [2.75, 3.05) is 9.80 Å². The highest BCUT2D eigenvalue weighted by Crippen LogP contribution is 2.62. The van der Waals surface area contributed by atoms with E-state index in [0.717, 1.165) is 30.6 Å². The van der Waals surface area contributed by atoms with Gasteiger partial charge in [-0.25, -0.2) is 0 Å². The minimum absolute atomic E-state index is 0.103. The fraction of sp³-hybridized carbons (Fsp3) is 0.209. The summed E-state index contributed by atoms with van der Waals surface area (Å²) < 4.78 is 0. The van der Waals surface area contributed by atoms with Crippen molar-refractivity contribution >= 4 is 55.6 Å². The highest BCUT2D eigenvalue weighted by molar-refractivity contribution is 6.24. The third kappa shape index (κ3) is 7.60. The van der Waals surface area contributed by atoms with E-state index in [2.05, 4.69) is 314 Å². The van der Waals surface area contributed by atoms with E-state index in [0.29, 0.717) is 17.8 Å². The van der Waals surface area contributed by atoms with Crippen LogP contribution in [0.2, 0.25) is 0 Å². The Morgan fingerprint density at radius 3 is 1.48 bits per heavy atom. The third-order valence-corrected chi connectivity index (χ3v) is 22.3. The Morgan fingerprint density at radius 2 is 0.898 bits per heavy atom. The van der Waals surface area contributed by atoms with Crippen LogP contribution in [0.1, 0.15) is 108 Å². The summed E-state index contributed by atoms with van der Waals surface area (Å²) in [6.07, 6.45) is 22.7. The lowest BCUT2D eigenvalue weighted by atomic mass is 9.71. The summed E-state index contributed by atoms with van der Waals surface area (Å²) >= 11 is 0. The van der Waals surface area contributed by atoms with Crippen molar-refractivity contribution in [2.45, 2.75) is 90.9 Å². The lowest BCUT2D eigenvalue weighted by molar-refractivity contribution is 0.218. The van der Waals surface area contributed by atoms with Gasteiger partial charge in [0.15, 0.2) is 0 Å².